The Kier molecular flexibility index (Phi) is 7.13. The van der Waals surface area contributed by atoms with Crippen LogP contribution in [0, 0.1) is 5.92 Å². The van der Waals surface area contributed by atoms with Crippen LogP contribution in [0.3, 0.4) is 0 Å². The summed E-state index contributed by atoms with van der Waals surface area (Å²) in [5, 5.41) is 5.94. The average Bonchev–Trinajstić information content (AvgIpc) is 2.75. The van der Waals surface area contributed by atoms with Crippen molar-refractivity contribution >= 4 is 27.6 Å². The van der Waals surface area contributed by atoms with E-state index < -0.39 is 10.0 Å². The number of benzene rings is 1. The summed E-state index contributed by atoms with van der Waals surface area (Å²) in [5.74, 6) is -0.172. The molecule has 8 nitrogen and oxygen atoms in total. The molecule has 0 radical (unpaired) electrons. The molecule has 0 spiro atoms. The summed E-state index contributed by atoms with van der Waals surface area (Å²) in [7, 11) is -3.17. The third-order valence-electron chi connectivity index (χ3n) is 5.66. The Bertz CT molecular complexity index is 807. The number of para-hydroxylation sites is 1. The van der Waals surface area contributed by atoms with Crippen molar-refractivity contribution in [1.82, 2.24) is 14.5 Å². The Morgan fingerprint density at radius 3 is 2.41 bits per heavy atom. The zero-order chi connectivity index (χ0) is 20.9. The van der Waals surface area contributed by atoms with E-state index in [1.807, 2.05) is 30.3 Å². The lowest BCUT2D eigenvalue weighted by atomic mass is 9.96. The van der Waals surface area contributed by atoms with Gasteiger partial charge in [0.15, 0.2) is 0 Å². The minimum Gasteiger partial charge on any atom is -0.353 e. The van der Waals surface area contributed by atoms with Gasteiger partial charge >= 0.3 is 6.03 Å². The SMILES string of the molecule is CCS(=O)(=O)N1CCC(NC(=O)[C@@H]2CCCN(C(=O)Nc3ccccc3)C2)CC1. The van der Waals surface area contributed by atoms with E-state index in [0.717, 1.165) is 18.5 Å². The van der Waals surface area contributed by atoms with E-state index in [1.165, 1.54) is 4.31 Å². The second-order valence-electron chi connectivity index (χ2n) is 7.66. The lowest BCUT2D eigenvalue weighted by molar-refractivity contribution is -0.127. The van der Waals surface area contributed by atoms with Crippen molar-refractivity contribution in [2.24, 2.45) is 5.92 Å². The first kappa shape index (κ1) is 21.6. The first-order valence-electron chi connectivity index (χ1n) is 10.3. The Morgan fingerprint density at radius 1 is 1.07 bits per heavy atom. The standard InChI is InChI=1S/C20H30N4O4S/c1-2-29(27,28)24-13-10-18(11-14-24)21-19(25)16-7-6-12-23(15-16)20(26)22-17-8-4-3-5-9-17/h3-5,8-9,16,18H,2,6-7,10-15H2,1H3,(H,21,25)(H,22,26)/t16-/m1/s1. The summed E-state index contributed by atoms with van der Waals surface area (Å²) >= 11 is 0. The van der Waals surface area contributed by atoms with Crippen LogP contribution >= 0.6 is 0 Å². The molecule has 2 N–H and O–H groups in total. The summed E-state index contributed by atoms with van der Waals surface area (Å²) in [6, 6.07) is 9.07. The molecule has 29 heavy (non-hydrogen) atoms. The normalized spacial score (nSPS) is 21.6. The van der Waals surface area contributed by atoms with Crippen LogP contribution in [0.2, 0.25) is 0 Å². The maximum absolute atomic E-state index is 12.7. The van der Waals surface area contributed by atoms with Crippen molar-refractivity contribution in [1.29, 1.82) is 0 Å². The Hall–Kier alpha value is -2.13. The van der Waals surface area contributed by atoms with Crippen LogP contribution in [-0.2, 0) is 14.8 Å². The van der Waals surface area contributed by atoms with Gasteiger partial charge in [-0.05, 0) is 44.7 Å². The lowest BCUT2D eigenvalue weighted by Crippen LogP contribution is -2.51. The predicted molar refractivity (Wildman–Crippen MR) is 112 cm³/mol. The molecule has 0 aromatic heterocycles. The van der Waals surface area contributed by atoms with Gasteiger partial charge in [0.2, 0.25) is 15.9 Å². The van der Waals surface area contributed by atoms with Crippen molar-refractivity contribution < 1.29 is 18.0 Å². The molecular weight excluding hydrogens is 392 g/mol. The van der Waals surface area contributed by atoms with Crippen molar-refractivity contribution in [3.8, 4) is 0 Å². The molecule has 0 unspecified atom stereocenters. The quantitative estimate of drug-likeness (QED) is 0.757. The number of rotatable bonds is 5. The van der Waals surface area contributed by atoms with Crippen molar-refractivity contribution in [3.63, 3.8) is 0 Å². The molecule has 2 aliphatic rings. The molecule has 1 aromatic rings. The number of likely N-dealkylation sites (tertiary alicyclic amines) is 1. The smallest absolute Gasteiger partial charge is 0.321 e. The number of nitrogens with zero attached hydrogens (tertiary/aromatic N) is 2. The minimum atomic E-state index is -3.17. The highest BCUT2D eigenvalue weighted by atomic mass is 32.2. The fraction of sp³-hybridized carbons (Fsp3) is 0.600. The van der Waals surface area contributed by atoms with E-state index in [9.17, 15) is 18.0 Å². The van der Waals surface area contributed by atoms with Crippen LogP contribution < -0.4 is 10.6 Å². The minimum absolute atomic E-state index is 0.0145. The monoisotopic (exact) mass is 422 g/mol. The molecule has 1 aromatic carbocycles. The van der Waals surface area contributed by atoms with Crippen molar-refractivity contribution in [2.45, 2.75) is 38.6 Å². The summed E-state index contributed by atoms with van der Waals surface area (Å²) < 4.78 is 25.4. The van der Waals surface area contributed by atoms with E-state index in [1.54, 1.807) is 11.8 Å². The van der Waals surface area contributed by atoms with E-state index in [-0.39, 0.29) is 29.7 Å². The number of carbonyl (C=O) groups is 2. The van der Waals surface area contributed by atoms with Crippen molar-refractivity contribution in [3.05, 3.63) is 30.3 Å². The van der Waals surface area contributed by atoms with Crippen molar-refractivity contribution in [2.75, 3.05) is 37.2 Å². The summed E-state index contributed by atoms with van der Waals surface area (Å²) in [5.41, 5.74) is 0.734. The molecular formula is C20H30N4O4S. The van der Waals surface area contributed by atoms with Gasteiger partial charge in [-0.3, -0.25) is 4.79 Å². The topological polar surface area (TPSA) is 98.8 Å². The highest BCUT2D eigenvalue weighted by molar-refractivity contribution is 7.89. The number of urea groups is 1. The van der Waals surface area contributed by atoms with Crippen LogP contribution in [0.15, 0.2) is 30.3 Å². The highest BCUT2D eigenvalue weighted by Gasteiger charge is 2.32. The van der Waals surface area contributed by atoms with Gasteiger partial charge in [-0.1, -0.05) is 18.2 Å². The first-order valence-corrected chi connectivity index (χ1v) is 11.9. The number of nitrogens with one attached hydrogen (secondary N) is 2. The molecule has 0 aliphatic carbocycles. The Morgan fingerprint density at radius 2 is 1.76 bits per heavy atom. The predicted octanol–water partition coefficient (Wildman–Crippen LogP) is 1.86. The van der Waals surface area contributed by atoms with E-state index in [4.69, 9.17) is 0 Å². The van der Waals surface area contributed by atoms with Gasteiger partial charge in [0, 0.05) is 37.9 Å². The van der Waals surface area contributed by atoms with E-state index in [0.29, 0.717) is 39.0 Å². The fourth-order valence-electron chi connectivity index (χ4n) is 3.88. The Labute approximate surface area is 172 Å². The number of piperidine rings is 2. The lowest BCUT2D eigenvalue weighted by Gasteiger charge is -2.35. The van der Waals surface area contributed by atoms with Gasteiger partial charge in [-0.2, -0.15) is 0 Å². The third kappa shape index (κ3) is 5.70. The van der Waals surface area contributed by atoms with Gasteiger partial charge in [-0.15, -0.1) is 0 Å². The van der Waals surface area contributed by atoms with E-state index in [2.05, 4.69) is 10.6 Å². The number of hydrogen-bond donors (Lipinski definition) is 2. The molecule has 9 heteroatoms. The number of anilines is 1. The molecule has 2 fully saturated rings. The molecule has 2 heterocycles. The largest absolute Gasteiger partial charge is 0.353 e. The molecule has 2 saturated heterocycles. The number of carbonyl (C=O) groups excluding carboxylic acids is 2. The Balaban J connectivity index is 1.48. The number of amides is 3. The number of sulfonamides is 1. The molecule has 160 valence electrons. The van der Waals surface area contributed by atoms with Gasteiger partial charge in [0.25, 0.3) is 0 Å². The van der Waals surface area contributed by atoms with Crippen LogP contribution in [0.5, 0.6) is 0 Å². The highest BCUT2D eigenvalue weighted by Crippen LogP contribution is 2.20. The van der Waals surface area contributed by atoms with Crippen LogP contribution in [0.25, 0.3) is 0 Å². The summed E-state index contributed by atoms with van der Waals surface area (Å²) in [6.45, 7) is 3.56. The third-order valence-corrected chi connectivity index (χ3v) is 7.54. The molecule has 1 atom stereocenters. The second-order valence-corrected chi connectivity index (χ2v) is 9.92. The fourth-order valence-corrected chi connectivity index (χ4v) is 5.01. The maximum atomic E-state index is 12.7. The zero-order valence-corrected chi connectivity index (χ0v) is 17.7. The van der Waals surface area contributed by atoms with Gasteiger partial charge in [0.1, 0.15) is 0 Å². The molecule has 3 amide bonds. The molecule has 3 rings (SSSR count). The molecule has 0 saturated carbocycles. The van der Waals surface area contributed by atoms with Crippen LogP contribution in [0.1, 0.15) is 32.6 Å². The zero-order valence-electron chi connectivity index (χ0n) is 16.8. The molecule has 0 bridgehead atoms. The van der Waals surface area contributed by atoms with Gasteiger partial charge in [0.05, 0.1) is 11.7 Å². The summed E-state index contributed by atoms with van der Waals surface area (Å²) in [4.78, 5) is 26.9. The average molecular weight is 423 g/mol. The second kappa shape index (κ2) is 9.58. The van der Waals surface area contributed by atoms with E-state index >= 15 is 0 Å². The van der Waals surface area contributed by atoms with Crippen LogP contribution in [0.4, 0.5) is 10.5 Å². The molecule has 2 aliphatic heterocycles. The van der Waals surface area contributed by atoms with Gasteiger partial charge in [-0.25, -0.2) is 17.5 Å². The van der Waals surface area contributed by atoms with Gasteiger partial charge < -0.3 is 15.5 Å². The van der Waals surface area contributed by atoms with Crippen LogP contribution in [-0.4, -0.2) is 67.5 Å². The number of hydrogen-bond acceptors (Lipinski definition) is 4. The maximum Gasteiger partial charge on any atom is 0.321 e. The summed E-state index contributed by atoms with van der Waals surface area (Å²) in [6.07, 6.45) is 2.78. The first-order chi connectivity index (χ1) is 13.9.